The monoisotopic (exact) mass is 469 g/mol. The van der Waals surface area contributed by atoms with Gasteiger partial charge < -0.3 is 21.7 Å². The molecule has 178 valence electrons. The Morgan fingerprint density at radius 3 is 2.86 bits per heavy atom. The van der Waals surface area contributed by atoms with Gasteiger partial charge in [0.1, 0.15) is 18.2 Å². The van der Waals surface area contributed by atoms with Crippen LogP contribution in [0.5, 0.6) is 0 Å². The second-order valence-electron chi connectivity index (χ2n) is 9.89. The lowest BCUT2D eigenvalue weighted by atomic mass is 10.0. The Kier molecular flexibility index (Phi) is 4.67. The smallest absolute Gasteiger partial charge is 0.241 e. The Morgan fingerprint density at radius 1 is 1.14 bits per heavy atom. The Labute approximate surface area is 202 Å². The van der Waals surface area contributed by atoms with Crippen LogP contribution in [0.25, 0.3) is 22.0 Å². The molecule has 6 rings (SSSR count). The molecule has 0 fully saturated rings. The predicted molar refractivity (Wildman–Crippen MR) is 136 cm³/mol. The second kappa shape index (κ2) is 7.66. The highest BCUT2D eigenvalue weighted by atomic mass is 16.2. The third-order valence-electron chi connectivity index (χ3n) is 6.63. The molecular formula is C25H27N9O. The van der Waals surface area contributed by atoms with E-state index in [9.17, 15) is 4.79 Å². The second-order valence-corrected chi connectivity index (χ2v) is 9.89. The summed E-state index contributed by atoms with van der Waals surface area (Å²) >= 11 is 0. The van der Waals surface area contributed by atoms with Gasteiger partial charge in [-0.3, -0.25) is 14.5 Å². The molecule has 0 bridgehead atoms. The molecule has 6 heterocycles. The van der Waals surface area contributed by atoms with E-state index in [1.54, 1.807) is 10.9 Å². The number of amides is 1. The van der Waals surface area contributed by atoms with Crippen molar-refractivity contribution in [3.8, 4) is 11.3 Å². The molecule has 0 spiro atoms. The van der Waals surface area contributed by atoms with Crippen LogP contribution in [0.15, 0.2) is 30.6 Å². The molecule has 1 amide bonds. The topological polar surface area (TPSA) is 136 Å². The van der Waals surface area contributed by atoms with Gasteiger partial charge in [-0.1, -0.05) is 0 Å². The maximum Gasteiger partial charge on any atom is 0.241 e. The van der Waals surface area contributed by atoms with Gasteiger partial charge in [-0.05, 0) is 43.9 Å². The van der Waals surface area contributed by atoms with Crippen LogP contribution in [-0.2, 0) is 24.2 Å². The van der Waals surface area contributed by atoms with Crippen LogP contribution in [0.2, 0.25) is 0 Å². The summed E-state index contributed by atoms with van der Waals surface area (Å²) in [5, 5.41) is 15.9. The number of hydrogen-bond donors (Lipinski definition) is 4. The number of pyridine rings is 3. The number of hydrogen-bond acceptors (Lipinski definition) is 8. The standard InChI is InChI=1S/C25H27N9O/c1-13-16(10-28-19-9-25(2,3)32-23(13)19)18-6-14-7-20(29-11-17(14)24(26)30-18)31-21-8-15-4-5-27-22(35)12-34(15)33-21/h6-8,10-11,32H,4-5,9,12H2,1-3H3,(H2,26,30)(H,27,35)(H,29,31,33). The van der Waals surface area contributed by atoms with E-state index >= 15 is 0 Å². The highest BCUT2D eigenvalue weighted by Gasteiger charge is 2.30. The molecule has 5 N–H and O–H groups in total. The molecule has 0 saturated heterocycles. The van der Waals surface area contributed by atoms with Crippen molar-refractivity contribution in [2.45, 2.75) is 45.7 Å². The van der Waals surface area contributed by atoms with Gasteiger partial charge in [0.2, 0.25) is 5.91 Å². The quantitative estimate of drug-likeness (QED) is 0.360. The molecule has 2 aliphatic rings. The number of fused-ring (bicyclic) bond motifs is 3. The molecular weight excluding hydrogens is 442 g/mol. The van der Waals surface area contributed by atoms with Gasteiger partial charge in [-0.25, -0.2) is 9.97 Å². The van der Waals surface area contributed by atoms with Gasteiger partial charge in [0.25, 0.3) is 0 Å². The number of nitrogen functional groups attached to an aromatic ring is 1. The molecule has 35 heavy (non-hydrogen) atoms. The summed E-state index contributed by atoms with van der Waals surface area (Å²) < 4.78 is 1.73. The van der Waals surface area contributed by atoms with Crippen molar-refractivity contribution in [2.24, 2.45) is 0 Å². The van der Waals surface area contributed by atoms with Crippen molar-refractivity contribution in [1.82, 2.24) is 30.0 Å². The number of nitrogens with zero attached hydrogens (tertiary/aromatic N) is 5. The number of rotatable bonds is 3. The molecule has 10 nitrogen and oxygen atoms in total. The molecule has 0 radical (unpaired) electrons. The van der Waals surface area contributed by atoms with Gasteiger partial charge in [0.15, 0.2) is 5.82 Å². The van der Waals surface area contributed by atoms with E-state index in [2.05, 4.69) is 51.8 Å². The fourth-order valence-electron chi connectivity index (χ4n) is 4.90. The number of anilines is 4. The SMILES string of the molecule is Cc1c(-c2cc3cc(Nc4cc5n(n4)CC(=O)NCC5)ncc3c(N)n2)cnc2c1NC(C)(C)C2. The summed E-state index contributed by atoms with van der Waals surface area (Å²) in [6.45, 7) is 7.27. The average Bonchev–Trinajstić information content (AvgIpc) is 3.26. The highest BCUT2D eigenvalue weighted by molar-refractivity contribution is 5.95. The van der Waals surface area contributed by atoms with Crippen LogP contribution in [-0.4, -0.2) is 42.7 Å². The molecule has 4 aromatic heterocycles. The van der Waals surface area contributed by atoms with Crippen molar-refractivity contribution in [3.05, 3.63) is 47.5 Å². The number of aromatic nitrogens is 5. The largest absolute Gasteiger partial charge is 0.383 e. The van der Waals surface area contributed by atoms with Gasteiger partial charge in [-0.2, -0.15) is 5.10 Å². The number of carbonyl (C=O) groups is 1. The van der Waals surface area contributed by atoms with Crippen LogP contribution < -0.4 is 21.7 Å². The van der Waals surface area contributed by atoms with Crippen molar-refractivity contribution in [2.75, 3.05) is 22.9 Å². The van der Waals surface area contributed by atoms with Crippen molar-refractivity contribution in [1.29, 1.82) is 0 Å². The van der Waals surface area contributed by atoms with Crippen LogP contribution in [0.1, 0.15) is 30.8 Å². The first-order valence-corrected chi connectivity index (χ1v) is 11.7. The third-order valence-corrected chi connectivity index (χ3v) is 6.63. The molecule has 0 aliphatic carbocycles. The molecule has 10 heteroatoms. The lowest BCUT2D eigenvalue weighted by molar-refractivity contribution is -0.121. The number of carbonyl (C=O) groups excluding carboxylic acids is 1. The minimum absolute atomic E-state index is 0.0178. The third kappa shape index (κ3) is 3.80. The first-order valence-electron chi connectivity index (χ1n) is 11.7. The normalized spacial score (nSPS) is 16.3. The molecule has 4 aromatic rings. The van der Waals surface area contributed by atoms with E-state index in [1.807, 2.05) is 24.4 Å². The van der Waals surface area contributed by atoms with E-state index in [0.717, 1.165) is 57.5 Å². The Bertz CT molecular complexity index is 1500. The maximum atomic E-state index is 11.8. The molecule has 2 aliphatic heterocycles. The van der Waals surface area contributed by atoms with Crippen LogP contribution in [0, 0.1) is 6.92 Å². The zero-order chi connectivity index (χ0) is 24.3. The van der Waals surface area contributed by atoms with Gasteiger partial charge in [-0.15, -0.1) is 0 Å². The Hall–Kier alpha value is -4.21. The fourth-order valence-corrected chi connectivity index (χ4v) is 4.90. The van der Waals surface area contributed by atoms with Gasteiger partial charge >= 0.3 is 0 Å². The predicted octanol–water partition coefficient (Wildman–Crippen LogP) is 2.94. The van der Waals surface area contributed by atoms with E-state index in [1.165, 1.54) is 0 Å². The van der Waals surface area contributed by atoms with Gasteiger partial charge in [0, 0.05) is 60.0 Å². The zero-order valence-corrected chi connectivity index (χ0v) is 19.9. The molecule has 0 saturated carbocycles. The van der Waals surface area contributed by atoms with Gasteiger partial charge in [0.05, 0.1) is 17.1 Å². The summed E-state index contributed by atoms with van der Waals surface area (Å²) in [5.74, 6) is 1.67. The first-order chi connectivity index (χ1) is 16.8. The Morgan fingerprint density at radius 2 is 2.00 bits per heavy atom. The summed E-state index contributed by atoms with van der Waals surface area (Å²) in [6.07, 6.45) is 5.23. The van der Waals surface area contributed by atoms with E-state index < -0.39 is 0 Å². The zero-order valence-electron chi connectivity index (χ0n) is 19.9. The highest BCUT2D eigenvalue weighted by Crippen LogP contribution is 2.38. The van der Waals surface area contributed by atoms with Crippen molar-refractivity contribution >= 4 is 39.8 Å². The molecule has 0 atom stereocenters. The number of nitrogens with two attached hydrogens (primary N) is 1. The van der Waals surface area contributed by atoms with Crippen molar-refractivity contribution in [3.63, 3.8) is 0 Å². The summed E-state index contributed by atoms with van der Waals surface area (Å²) in [7, 11) is 0. The van der Waals surface area contributed by atoms with E-state index in [0.29, 0.717) is 24.0 Å². The summed E-state index contributed by atoms with van der Waals surface area (Å²) in [6, 6.07) is 5.90. The van der Waals surface area contributed by atoms with Crippen LogP contribution in [0.4, 0.5) is 23.1 Å². The summed E-state index contributed by atoms with van der Waals surface area (Å²) in [5.41, 5.74) is 12.3. The first kappa shape index (κ1) is 21.3. The fraction of sp³-hybridized carbons (Fsp3) is 0.320. The van der Waals surface area contributed by atoms with Crippen LogP contribution in [0.3, 0.4) is 0 Å². The van der Waals surface area contributed by atoms with Crippen molar-refractivity contribution < 1.29 is 4.79 Å². The minimum atomic E-state index is -0.0344. The molecule has 0 unspecified atom stereocenters. The summed E-state index contributed by atoms with van der Waals surface area (Å²) in [4.78, 5) is 25.7. The molecule has 0 aromatic carbocycles. The number of nitrogens with one attached hydrogen (secondary N) is 3. The van der Waals surface area contributed by atoms with E-state index in [-0.39, 0.29) is 18.0 Å². The maximum absolute atomic E-state index is 11.8. The van der Waals surface area contributed by atoms with E-state index in [4.69, 9.17) is 10.7 Å². The average molecular weight is 470 g/mol. The lowest BCUT2D eigenvalue weighted by Gasteiger charge is -2.18. The Balaban J connectivity index is 1.35. The minimum Gasteiger partial charge on any atom is -0.383 e. The lowest BCUT2D eigenvalue weighted by Crippen LogP contribution is -2.27. The van der Waals surface area contributed by atoms with Crippen LogP contribution >= 0.6 is 0 Å².